The number of amides is 2. The summed E-state index contributed by atoms with van der Waals surface area (Å²) in [5.74, 6) is 0.739. The topological polar surface area (TPSA) is 116 Å². The van der Waals surface area contributed by atoms with E-state index in [4.69, 9.17) is 14.0 Å². The van der Waals surface area contributed by atoms with Crippen molar-refractivity contribution in [1.29, 1.82) is 0 Å². The number of hydrogen-bond acceptors (Lipinski definition) is 8. The Morgan fingerprint density at radius 2 is 1.79 bits per heavy atom. The molecule has 0 unspecified atom stereocenters. The molecule has 0 aliphatic carbocycles. The summed E-state index contributed by atoms with van der Waals surface area (Å²) in [5, 5.41) is 11.2. The van der Waals surface area contributed by atoms with Gasteiger partial charge in [0.05, 0.1) is 26.5 Å². The van der Waals surface area contributed by atoms with Gasteiger partial charge in [0.2, 0.25) is 5.91 Å². The van der Waals surface area contributed by atoms with Crippen LogP contribution in [-0.2, 0) is 4.79 Å². The monoisotopic (exact) mass is 464 g/mol. The first kappa shape index (κ1) is 22.0. The maximum Gasteiger partial charge on any atom is 0.273 e. The van der Waals surface area contributed by atoms with Crippen LogP contribution in [0, 0.1) is 0 Å². The molecule has 0 atom stereocenters. The Hall–Kier alpha value is -4.18. The van der Waals surface area contributed by atoms with Crippen LogP contribution in [0.3, 0.4) is 0 Å². The van der Waals surface area contributed by atoms with Gasteiger partial charge in [-0.15, -0.1) is 11.3 Å². The van der Waals surface area contributed by atoms with Crippen molar-refractivity contribution in [2.24, 2.45) is 0 Å². The van der Waals surface area contributed by atoms with Crippen LogP contribution in [0.4, 0.5) is 5.13 Å². The molecule has 0 radical (unpaired) electrons. The molecule has 0 spiro atoms. The Morgan fingerprint density at radius 3 is 2.55 bits per heavy atom. The number of rotatable bonds is 8. The normalized spacial score (nSPS) is 10.5. The summed E-state index contributed by atoms with van der Waals surface area (Å²) in [4.78, 5) is 29.0. The van der Waals surface area contributed by atoms with Gasteiger partial charge in [-0.2, -0.15) is 0 Å². The molecule has 9 nitrogen and oxygen atoms in total. The molecule has 2 N–H and O–H groups in total. The minimum atomic E-state index is -0.513. The first-order valence-electron chi connectivity index (χ1n) is 9.85. The van der Waals surface area contributed by atoms with E-state index in [9.17, 15) is 9.59 Å². The molecular weight excluding hydrogens is 444 g/mol. The molecule has 168 valence electrons. The summed E-state index contributed by atoms with van der Waals surface area (Å²) in [6, 6.07) is 16.3. The van der Waals surface area contributed by atoms with Gasteiger partial charge >= 0.3 is 0 Å². The fraction of sp³-hybridized carbons (Fsp3) is 0.130. The van der Waals surface area contributed by atoms with E-state index in [1.54, 1.807) is 26.4 Å². The van der Waals surface area contributed by atoms with Gasteiger partial charge in [0.25, 0.3) is 5.91 Å². The smallest absolute Gasteiger partial charge is 0.273 e. The average Bonchev–Trinajstić information content (AvgIpc) is 3.53. The van der Waals surface area contributed by atoms with Gasteiger partial charge < -0.3 is 24.6 Å². The minimum absolute atomic E-state index is 0.0895. The molecule has 0 saturated heterocycles. The second kappa shape index (κ2) is 9.96. The molecule has 2 aromatic carbocycles. The third kappa shape index (κ3) is 5.18. The predicted molar refractivity (Wildman–Crippen MR) is 124 cm³/mol. The highest BCUT2D eigenvalue weighted by molar-refractivity contribution is 7.14. The molecule has 2 aromatic heterocycles. The number of hydrogen-bond donors (Lipinski definition) is 2. The van der Waals surface area contributed by atoms with Crippen LogP contribution in [-0.4, -0.2) is 42.7 Å². The Bertz CT molecular complexity index is 1270. The van der Waals surface area contributed by atoms with Crippen molar-refractivity contribution < 1.29 is 23.6 Å². The van der Waals surface area contributed by atoms with Crippen LogP contribution in [0.25, 0.3) is 22.6 Å². The number of nitrogens with zero attached hydrogens (tertiary/aromatic N) is 2. The van der Waals surface area contributed by atoms with Crippen molar-refractivity contribution in [3.63, 3.8) is 0 Å². The van der Waals surface area contributed by atoms with Crippen LogP contribution in [0.2, 0.25) is 0 Å². The van der Waals surface area contributed by atoms with Gasteiger partial charge in [-0.25, -0.2) is 4.98 Å². The molecule has 0 saturated carbocycles. The van der Waals surface area contributed by atoms with Gasteiger partial charge in [-0.05, 0) is 18.2 Å². The van der Waals surface area contributed by atoms with Crippen LogP contribution in [0.1, 0.15) is 10.5 Å². The van der Waals surface area contributed by atoms with Crippen LogP contribution in [0.15, 0.2) is 64.5 Å². The van der Waals surface area contributed by atoms with E-state index in [2.05, 4.69) is 20.8 Å². The zero-order valence-corrected chi connectivity index (χ0v) is 18.6. The molecule has 2 amide bonds. The first-order chi connectivity index (χ1) is 16.1. The fourth-order valence-corrected chi connectivity index (χ4v) is 3.73. The maximum absolute atomic E-state index is 12.3. The Labute approximate surface area is 193 Å². The molecule has 4 rings (SSSR count). The SMILES string of the molecule is COc1ccc(-c2csc(NC(=O)CNC(=O)c3cc(-c4ccccc4)on3)n2)cc1OC. The van der Waals surface area contributed by atoms with Crippen molar-refractivity contribution in [3.05, 3.63) is 65.7 Å². The highest BCUT2D eigenvalue weighted by Crippen LogP contribution is 2.33. The van der Waals surface area contributed by atoms with E-state index in [1.807, 2.05) is 41.8 Å². The maximum atomic E-state index is 12.3. The first-order valence-corrected chi connectivity index (χ1v) is 10.7. The van der Waals surface area contributed by atoms with E-state index < -0.39 is 11.8 Å². The number of aromatic nitrogens is 2. The lowest BCUT2D eigenvalue weighted by Gasteiger charge is -2.08. The molecule has 2 heterocycles. The summed E-state index contributed by atoms with van der Waals surface area (Å²) >= 11 is 1.27. The Balaban J connectivity index is 1.33. The Morgan fingerprint density at radius 1 is 1.00 bits per heavy atom. The average molecular weight is 465 g/mol. The number of methoxy groups -OCH3 is 2. The molecule has 4 aromatic rings. The van der Waals surface area contributed by atoms with Crippen LogP contribution < -0.4 is 20.1 Å². The lowest BCUT2D eigenvalue weighted by atomic mass is 10.1. The van der Waals surface area contributed by atoms with Crippen molar-refractivity contribution in [2.75, 3.05) is 26.1 Å². The number of carbonyl (C=O) groups excluding carboxylic acids is 2. The number of nitrogens with one attached hydrogen (secondary N) is 2. The highest BCUT2D eigenvalue weighted by Gasteiger charge is 2.16. The second-order valence-electron chi connectivity index (χ2n) is 6.78. The fourth-order valence-electron chi connectivity index (χ4n) is 2.99. The number of thiazole rings is 1. The molecule has 0 fully saturated rings. The van der Waals surface area contributed by atoms with Crippen molar-refractivity contribution in [1.82, 2.24) is 15.5 Å². The predicted octanol–water partition coefficient (Wildman–Crippen LogP) is 3.85. The summed E-state index contributed by atoms with van der Waals surface area (Å²) in [6.45, 7) is -0.238. The van der Waals surface area contributed by atoms with Crippen LogP contribution in [0.5, 0.6) is 11.5 Å². The molecule has 10 heteroatoms. The number of ether oxygens (including phenoxy) is 2. The van der Waals surface area contributed by atoms with E-state index in [0.717, 1.165) is 11.1 Å². The van der Waals surface area contributed by atoms with Crippen molar-refractivity contribution in [2.45, 2.75) is 0 Å². The van der Waals surface area contributed by atoms with Crippen molar-refractivity contribution in [3.8, 4) is 34.1 Å². The third-order valence-electron chi connectivity index (χ3n) is 4.64. The highest BCUT2D eigenvalue weighted by atomic mass is 32.1. The van der Waals surface area contributed by atoms with Crippen LogP contribution >= 0.6 is 11.3 Å². The summed E-state index contributed by atoms with van der Waals surface area (Å²) < 4.78 is 15.8. The minimum Gasteiger partial charge on any atom is -0.493 e. The Kier molecular flexibility index (Phi) is 6.65. The zero-order chi connectivity index (χ0) is 23.2. The van der Waals surface area contributed by atoms with Crippen molar-refractivity contribution >= 4 is 28.3 Å². The lowest BCUT2D eigenvalue weighted by molar-refractivity contribution is -0.115. The molecule has 33 heavy (non-hydrogen) atoms. The molecule has 0 bridgehead atoms. The van der Waals surface area contributed by atoms with E-state index in [0.29, 0.717) is 28.1 Å². The van der Waals surface area contributed by atoms with Gasteiger partial charge in [0.1, 0.15) is 0 Å². The molecular formula is C23H20N4O5S. The summed E-state index contributed by atoms with van der Waals surface area (Å²) in [7, 11) is 3.13. The number of carbonyl (C=O) groups is 2. The quantitative estimate of drug-likeness (QED) is 0.407. The second-order valence-corrected chi connectivity index (χ2v) is 7.64. The summed E-state index contributed by atoms with van der Waals surface area (Å²) in [5.41, 5.74) is 2.39. The van der Waals surface area contributed by atoms with Gasteiger partial charge in [0, 0.05) is 22.6 Å². The van der Waals surface area contributed by atoms with Gasteiger partial charge in [-0.3, -0.25) is 9.59 Å². The van der Waals surface area contributed by atoms with E-state index in [1.165, 1.54) is 17.4 Å². The standard InChI is InChI=1S/C23H20N4O5S/c1-30-18-9-8-15(10-20(18)31-2)17-13-33-23(25-17)26-21(28)12-24-22(29)16-11-19(32-27-16)14-6-4-3-5-7-14/h3-11,13H,12H2,1-2H3,(H,24,29)(H,25,26,28). The number of anilines is 1. The van der Waals surface area contributed by atoms with Gasteiger partial charge in [-0.1, -0.05) is 35.5 Å². The lowest BCUT2D eigenvalue weighted by Crippen LogP contribution is -2.33. The molecule has 0 aliphatic heterocycles. The zero-order valence-electron chi connectivity index (χ0n) is 17.8. The van der Waals surface area contributed by atoms with Gasteiger partial charge in [0.15, 0.2) is 28.1 Å². The molecule has 0 aliphatic rings. The number of benzene rings is 2. The third-order valence-corrected chi connectivity index (χ3v) is 5.40. The van der Waals surface area contributed by atoms with E-state index in [-0.39, 0.29) is 12.2 Å². The van der Waals surface area contributed by atoms with E-state index >= 15 is 0 Å². The largest absolute Gasteiger partial charge is 0.493 e. The summed E-state index contributed by atoms with van der Waals surface area (Å²) in [6.07, 6.45) is 0.